The van der Waals surface area contributed by atoms with Crippen LogP contribution < -0.4 is 11.2 Å². The molecule has 0 fully saturated rings. The lowest BCUT2D eigenvalue weighted by atomic mass is 10.1. The first-order valence-corrected chi connectivity index (χ1v) is 6.19. The van der Waals surface area contributed by atoms with Crippen molar-refractivity contribution in [2.75, 3.05) is 6.61 Å². The Bertz CT molecular complexity index is 530. The molecule has 0 saturated carbocycles. The Balaban J connectivity index is 2.49. The van der Waals surface area contributed by atoms with Crippen molar-refractivity contribution in [2.24, 2.45) is 0 Å². The lowest BCUT2D eigenvalue weighted by Gasteiger charge is -2.22. The molecular weight excluding hydrogens is 268 g/mol. The van der Waals surface area contributed by atoms with Gasteiger partial charge in [0.25, 0.3) is 5.56 Å². The van der Waals surface area contributed by atoms with Crippen molar-refractivity contribution < 1.29 is 20.1 Å². The number of rotatable bonds is 7. The van der Waals surface area contributed by atoms with E-state index >= 15 is 0 Å². The molecule has 2 atom stereocenters. The third kappa shape index (κ3) is 6.11. The molecule has 0 aromatic carbocycles. The van der Waals surface area contributed by atoms with Crippen LogP contribution >= 0.6 is 0 Å². The molecule has 0 aliphatic heterocycles. The first-order valence-electron chi connectivity index (χ1n) is 6.19. The Morgan fingerprint density at radius 1 is 1.35 bits per heavy atom. The Kier molecular flexibility index (Phi) is 5.63. The van der Waals surface area contributed by atoms with Crippen molar-refractivity contribution in [1.29, 1.82) is 0 Å². The smallest absolute Gasteiger partial charge is 0.328 e. The predicted octanol–water partition coefficient (Wildman–Crippen LogP) is -1.61. The number of aromatic amines is 1. The molecule has 0 spiro atoms. The summed E-state index contributed by atoms with van der Waals surface area (Å²) in [5, 5.41) is 28.7. The SMILES string of the molecule is CC(C)(O)OCC(O)CC(O)Cn1ccc(=O)[nH]c1=O. The summed E-state index contributed by atoms with van der Waals surface area (Å²) in [6.07, 6.45) is -0.722. The fourth-order valence-electron chi connectivity index (χ4n) is 1.57. The quantitative estimate of drug-likeness (QED) is 0.448. The fraction of sp³-hybridized carbons (Fsp3) is 0.667. The Morgan fingerprint density at radius 3 is 2.55 bits per heavy atom. The molecule has 1 rings (SSSR count). The Hall–Kier alpha value is -1.48. The average molecular weight is 288 g/mol. The molecule has 0 bridgehead atoms. The second kappa shape index (κ2) is 6.80. The molecule has 1 aromatic rings. The molecule has 0 aliphatic carbocycles. The summed E-state index contributed by atoms with van der Waals surface area (Å²) in [4.78, 5) is 24.3. The topological polar surface area (TPSA) is 125 Å². The van der Waals surface area contributed by atoms with Crippen LogP contribution in [0.2, 0.25) is 0 Å². The van der Waals surface area contributed by atoms with E-state index in [2.05, 4.69) is 4.98 Å². The van der Waals surface area contributed by atoms with Gasteiger partial charge in [-0.05, 0) is 13.8 Å². The van der Waals surface area contributed by atoms with Crippen molar-refractivity contribution >= 4 is 0 Å². The summed E-state index contributed by atoms with van der Waals surface area (Å²) in [6.45, 7) is 2.66. The van der Waals surface area contributed by atoms with E-state index < -0.39 is 29.2 Å². The van der Waals surface area contributed by atoms with Gasteiger partial charge in [0.15, 0.2) is 5.79 Å². The van der Waals surface area contributed by atoms with Gasteiger partial charge in [0, 0.05) is 18.7 Å². The normalized spacial score (nSPS) is 15.1. The summed E-state index contributed by atoms with van der Waals surface area (Å²) in [6, 6.07) is 1.17. The number of aromatic nitrogens is 2. The molecule has 1 heterocycles. The molecule has 0 aliphatic rings. The number of hydrogen-bond acceptors (Lipinski definition) is 6. The highest BCUT2D eigenvalue weighted by molar-refractivity contribution is 4.83. The third-order valence-corrected chi connectivity index (χ3v) is 2.48. The van der Waals surface area contributed by atoms with Gasteiger partial charge in [-0.3, -0.25) is 14.3 Å². The summed E-state index contributed by atoms with van der Waals surface area (Å²) in [5.74, 6) is -1.36. The zero-order valence-electron chi connectivity index (χ0n) is 11.4. The number of aliphatic hydroxyl groups excluding tert-OH is 2. The minimum Gasteiger partial charge on any atom is -0.391 e. The van der Waals surface area contributed by atoms with Crippen molar-refractivity contribution in [3.63, 3.8) is 0 Å². The molecule has 0 amide bonds. The number of aliphatic hydroxyl groups is 3. The molecule has 4 N–H and O–H groups in total. The summed E-state index contributed by atoms with van der Waals surface area (Å²) in [7, 11) is 0. The zero-order chi connectivity index (χ0) is 15.3. The van der Waals surface area contributed by atoms with E-state index in [1.54, 1.807) is 0 Å². The molecule has 0 radical (unpaired) electrons. The highest BCUT2D eigenvalue weighted by Crippen LogP contribution is 2.07. The third-order valence-electron chi connectivity index (χ3n) is 2.48. The molecule has 114 valence electrons. The van der Waals surface area contributed by atoms with Gasteiger partial charge in [-0.2, -0.15) is 0 Å². The first-order chi connectivity index (χ1) is 9.17. The van der Waals surface area contributed by atoms with Crippen LogP contribution in [0.15, 0.2) is 21.9 Å². The highest BCUT2D eigenvalue weighted by atomic mass is 16.6. The van der Waals surface area contributed by atoms with Crippen LogP contribution in [0.3, 0.4) is 0 Å². The zero-order valence-corrected chi connectivity index (χ0v) is 11.4. The second-order valence-corrected chi connectivity index (χ2v) is 5.06. The number of nitrogens with zero attached hydrogens (tertiary/aromatic N) is 1. The summed E-state index contributed by atoms with van der Waals surface area (Å²) in [5.41, 5.74) is -1.14. The van der Waals surface area contributed by atoms with Gasteiger partial charge < -0.3 is 20.1 Å². The fourth-order valence-corrected chi connectivity index (χ4v) is 1.57. The number of H-pyrrole nitrogens is 1. The summed E-state index contributed by atoms with van der Waals surface area (Å²) >= 11 is 0. The van der Waals surface area contributed by atoms with E-state index in [1.165, 1.54) is 26.1 Å². The monoisotopic (exact) mass is 288 g/mol. The molecule has 8 heteroatoms. The largest absolute Gasteiger partial charge is 0.391 e. The van der Waals surface area contributed by atoms with E-state index in [4.69, 9.17) is 4.74 Å². The average Bonchev–Trinajstić information content (AvgIpc) is 2.29. The standard InChI is InChI=1S/C12H20N2O6/c1-12(2,19)20-7-9(16)5-8(15)6-14-4-3-10(17)13-11(14)18/h3-4,8-9,15-16,19H,5-7H2,1-2H3,(H,13,17,18). The lowest BCUT2D eigenvalue weighted by molar-refractivity contribution is -0.192. The summed E-state index contributed by atoms with van der Waals surface area (Å²) < 4.78 is 6.09. The Labute approximate surface area is 115 Å². The molecule has 2 unspecified atom stereocenters. The van der Waals surface area contributed by atoms with Crippen molar-refractivity contribution in [3.8, 4) is 0 Å². The van der Waals surface area contributed by atoms with Gasteiger partial charge in [-0.15, -0.1) is 0 Å². The highest BCUT2D eigenvalue weighted by Gasteiger charge is 2.18. The number of hydrogen-bond donors (Lipinski definition) is 4. The minimum atomic E-state index is -1.36. The lowest BCUT2D eigenvalue weighted by Crippen LogP contribution is -2.35. The van der Waals surface area contributed by atoms with Gasteiger partial charge in [0.05, 0.1) is 25.4 Å². The molecule has 20 heavy (non-hydrogen) atoms. The second-order valence-electron chi connectivity index (χ2n) is 5.06. The van der Waals surface area contributed by atoms with Crippen molar-refractivity contribution in [3.05, 3.63) is 33.1 Å². The van der Waals surface area contributed by atoms with E-state index in [0.29, 0.717) is 0 Å². The molecule has 0 saturated heterocycles. The van der Waals surface area contributed by atoms with Gasteiger partial charge in [0.1, 0.15) is 0 Å². The van der Waals surface area contributed by atoms with Crippen molar-refractivity contribution in [2.45, 2.75) is 44.8 Å². The van der Waals surface area contributed by atoms with Crippen LogP contribution in [-0.4, -0.2) is 49.5 Å². The van der Waals surface area contributed by atoms with Crippen LogP contribution in [0.25, 0.3) is 0 Å². The van der Waals surface area contributed by atoms with Gasteiger partial charge in [0.2, 0.25) is 0 Å². The molecule has 1 aromatic heterocycles. The van der Waals surface area contributed by atoms with Crippen LogP contribution in [0.4, 0.5) is 0 Å². The van der Waals surface area contributed by atoms with Crippen LogP contribution in [-0.2, 0) is 11.3 Å². The van der Waals surface area contributed by atoms with Gasteiger partial charge in [-0.1, -0.05) is 0 Å². The van der Waals surface area contributed by atoms with Crippen molar-refractivity contribution in [1.82, 2.24) is 9.55 Å². The number of nitrogens with one attached hydrogen (secondary N) is 1. The maximum absolute atomic E-state index is 11.4. The number of ether oxygens (including phenoxy) is 1. The van der Waals surface area contributed by atoms with Crippen LogP contribution in [0, 0.1) is 0 Å². The van der Waals surface area contributed by atoms with E-state index in [9.17, 15) is 24.9 Å². The van der Waals surface area contributed by atoms with E-state index in [0.717, 1.165) is 4.57 Å². The predicted molar refractivity (Wildman–Crippen MR) is 70.2 cm³/mol. The maximum atomic E-state index is 11.4. The van der Waals surface area contributed by atoms with Crippen LogP contribution in [0.5, 0.6) is 0 Å². The Morgan fingerprint density at radius 2 is 2.00 bits per heavy atom. The van der Waals surface area contributed by atoms with E-state index in [-0.39, 0.29) is 19.6 Å². The van der Waals surface area contributed by atoms with E-state index in [1.807, 2.05) is 0 Å². The molecular formula is C12H20N2O6. The first kappa shape index (κ1) is 16.6. The van der Waals surface area contributed by atoms with Gasteiger partial charge >= 0.3 is 5.69 Å². The minimum absolute atomic E-state index is 0.0261. The van der Waals surface area contributed by atoms with Gasteiger partial charge in [-0.25, -0.2) is 4.79 Å². The molecule has 8 nitrogen and oxygen atoms in total. The maximum Gasteiger partial charge on any atom is 0.328 e. The van der Waals surface area contributed by atoms with Crippen LogP contribution in [0.1, 0.15) is 20.3 Å².